The Morgan fingerprint density at radius 1 is 1.20 bits per heavy atom. The van der Waals surface area contributed by atoms with E-state index in [1.54, 1.807) is 0 Å². The highest BCUT2D eigenvalue weighted by molar-refractivity contribution is 5.30. The van der Waals surface area contributed by atoms with Gasteiger partial charge in [-0.3, -0.25) is 0 Å². The maximum absolute atomic E-state index is 5.52. The van der Waals surface area contributed by atoms with Gasteiger partial charge in [0.05, 0.1) is 18.8 Å². The zero-order valence-electron chi connectivity index (χ0n) is 12.4. The van der Waals surface area contributed by atoms with Crippen LogP contribution in [-0.2, 0) is 6.54 Å². The molecule has 0 aliphatic carbocycles. The molecule has 6 heteroatoms. The molecule has 0 unspecified atom stereocenters. The van der Waals surface area contributed by atoms with Crippen LogP contribution in [-0.4, -0.2) is 21.6 Å². The first kappa shape index (κ1) is 14.3. The van der Waals surface area contributed by atoms with Gasteiger partial charge >= 0.3 is 0 Å². The van der Waals surface area contributed by atoms with Gasteiger partial charge in [-0.25, -0.2) is 9.97 Å². The third-order valence-electron chi connectivity index (χ3n) is 2.76. The summed E-state index contributed by atoms with van der Waals surface area (Å²) in [4.78, 5) is 12.9. The molecule has 0 radical (unpaired) electrons. The predicted molar refractivity (Wildman–Crippen MR) is 75.9 cm³/mol. The average Bonchev–Trinajstić information content (AvgIpc) is 2.73. The Labute approximate surface area is 118 Å². The summed E-state index contributed by atoms with van der Waals surface area (Å²) < 4.78 is 11.0. The van der Waals surface area contributed by atoms with Crippen molar-refractivity contribution in [1.29, 1.82) is 0 Å². The second-order valence-corrected chi connectivity index (χ2v) is 4.62. The highest BCUT2D eigenvalue weighted by Crippen LogP contribution is 2.14. The molecule has 2 rings (SSSR count). The topological polar surface area (TPSA) is 73.1 Å². The summed E-state index contributed by atoms with van der Waals surface area (Å²) in [6, 6.07) is 1.82. The van der Waals surface area contributed by atoms with E-state index in [1.807, 2.05) is 26.8 Å². The van der Waals surface area contributed by atoms with Crippen LogP contribution in [0.1, 0.15) is 36.4 Å². The second kappa shape index (κ2) is 6.36. The van der Waals surface area contributed by atoms with Gasteiger partial charge in [0.25, 0.3) is 0 Å². The lowest BCUT2D eigenvalue weighted by atomic mass is 10.4. The van der Waals surface area contributed by atoms with Gasteiger partial charge in [-0.2, -0.15) is 4.98 Å². The van der Waals surface area contributed by atoms with Crippen molar-refractivity contribution < 1.29 is 9.15 Å². The van der Waals surface area contributed by atoms with Crippen LogP contribution in [0.3, 0.4) is 0 Å². The third kappa shape index (κ3) is 3.69. The van der Waals surface area contributed by atoms with Crippen molar-refractivity contribution in [2.75, 3.05) is 11.9 Å². The summed E-state index contributed by atoms with van der Waals surface area (Å²) in [5.74, 6) is 2.56. The molecule has 0 aromatic carbocycles. The van der Waals surface area contributed by atoms with Crippen LogP contribution in [0.5, 0.6) is 5.88 Å². The van der Waals surface area contributed by atoms with Crippen molar-refractivity contribution >= 4 is 5.95 Å². The number of hydrogen-bond acceptors (Lipinski definition) is 6. The minimum Gasteiger partial charge on any atom is -0.478 e. The van der Waals surface area contributed by atoms with E-state index in [0.717, 1.165) is 23.6 Å². The van der Waals surface area contributed by atoms with Crippen LogP contribution in [0.4, 0.5) is 5.95 Å². The van der Waals surface area contributed by atoms with Crippen molar-refractivity contribution in [1.82, 2.24) is 15.0 Å². The van der Waals surface area contributed by atoms with Crippen LogP contribution in [0.2, 0.25) is 0 Å². The molecule has 20 heavy (non-hydrogen) atoms. The summed E-state index contributed by atoms with van der Waals surface area (Å²) >= 11 is 0. The second-order valence-electron chi connectivity index (χ2n) is 4.62. The van der Waals surface area contributed by atoms with Crippen LogP contribution >= 0.6 is 0 Å². The van der Waals surface area contributed by atoms with E-state index in [4.69, 9.17) is 9.15 Å². The molecule has 0 saturated heterocycles. The van der Waals surface area contributed by atoms with Gasteiger partial charge in [-0.1, -0.05) is 6.92 Å². The van der Waals surface area contributed by atoms with Gasteiger partial charge in [0.15, 0.2) is 0 Å². The zero-order valence-corrected chi connectivity index (χ0v) is 12.4. The Balaban J connectivity index is 2.03. The summed E-state index contributed by atoms with van der Waals surface area (Å²) in [7, 11) is 0. The number of ether oxygens (including phenoxy) is 1. The molecular weight excluding hydrogens is 256 g/mol. The number of anilines is 1. The van der Waals surface area contributed by atoms with Crippen LogP contribution in [0.25, 0.3) is 0 Å². The predicted octanol–water partition coefficient (Wildman–Crippen LogP) is 2.79. The van der Waals surface area contributed by atoms with E-state index in [2.05, 4.69) is 27.2 Å². The Morgan fingerprint density at radius 2 is 2.00 bits per heavy atom. The fourth-order valence-corrected chi connectivity index (χ4v) is 1.67. The van der Waals surface area contributed by atoms with Gasteiger partial charge in [0.2, 0.25) is 17.7 Å². The maximum atomic E-state index is 5.52. The summed E-state index contributed by atoms with van der Waals surface area (Å²) in [5.41, 5.74) is 1.76. The number of aryl methyl sites for hydroxylation is 3. The first-order chi connectivity index (χ1) is 9.58. The van der Waals surface area contributed by atoms with E-state index in [9.17, 15) is 0 Å². The van der Waals surface area contributed by atoms with Crippen molar-refractivity contribution in [2.24, 2.45) is 0 Å². The smallest absolute Gasteiger partial charge is 0.226 e. The van der Waals surface area contributed by atoms with Crippen molar-refractivity contribution in [3.05, 3.63) is 29.1 Å². The van der Waals surface area contributed by atoms with Gasteiger partial charge in [-0.15, -0.1) is 0 Å². The molecule has 2 aromatic rings. The highest BCUT2D eigenvalue weighted by atomic mass is 16.5. The summed E-state index contributed by atoms with van der Waals surface area (Å²) in [5, 5.41) is 3.10. The highest BCUT2D eigenvalue weighted by Gasteiger charge is 2.07. The van der Waals surface area contributed by atoms with Gasteiger partial charge in [-0.05, 0) is 27.2 Å². The van der Waals surface area contributed by atoms with Crippen molar-refractivity contribution in [3.63, 3.8) is 0 Å². The van der Waals surface area contributed by atoms with Crippen LogP contribution in [0.15, 0.2) is 10.5 Å². The van der Waals surface area contributed by atoms with Crippen LogP contribution in [0, 0.1) is 20.8 Å². The van der Waals surface area contributed by atoms with E-state index in [0.29, 0.717) is 30.9 Å². The molecule has 0 aliphatic heterocycles. The molecule has 0 amide bonds. The lowest BCUT2D eigenvalue weighted by Gasteiger charge is -2.07. The lowest BCUT2D eigenvalue weighted by molar-refractivity contribution is 0.305. The number of hydrogen-bond donors (Lipinski definition) is 1. The molecular formula is C14H20N4O2. The quantitative estimate of drug-likeness (QED) is 0.874. The average molecular weight is 276 g/mol. The molecule has 0 bridgehead atoms. The van der Waals surface area contributed by atoms with E-state index < -0.39 is 0 Å². The minimum atomic E-state index is 0.450. The fourth-order valence-electron chi connectivity index (χ4n) is 1.67. The van der Waals surface area contributed by atoms with Gasteiger partial charge < -0.3 is 14.5 Å². The number of aromatic nitrogens is 3. The Morgan fingerprint density at radius 3 is 2.65 bits per heavy atom. The SMILES string of the molecule is CCCOc1cc(C)nc(NCc2nc(C)c(C)o2)n1. The standard InChI is InChI=1S/C14H20N4O2/c1-5-6-19-12-7-9(2)16-14(18-12)15-8-13-17-10(3)11(4)20-13/h7H,5-6,8H2,1-4H3,(H,15,16,18). The first-order valence-electron chi connectivity index (χ1n) is 6.73. The minimum absolute atomic E-state index is 0.450. The maximum Gasteiger partial charge on any atom is 0.226 e. The molecule has 2 aromatic heterocycles. The van der Waals surface area contributed by atoms with E-state index in [1.165, 1.54) is 0 Å². The summed E-state index contributed by atoms with van der Waals surface area (Å²) in [6.07, 6.45) is 0.945. The van der Waals surface area contributed by atoms with Crippen molar-refractivity contribution in [3.8, 4) is 5.88 Å². The van der Waals surface area contributed by atoms with E-state index in [-0.39, 0.29) is 0 Å². The normalized spacial score (nSPS) is 10.6. The number of rotatable bonds is 6. The largest absolute Gasteiger partial charge is 0.478 e. The van der Waals surface area contributed by atoms with Gasteiger partial charge in [0.1, 0.15) is 5.76 Å². The number of oxazole rings is 1. The summed E-state index contributed by atoms with van der Waals surface area (Å²) in [6.45, 7) is 8.87. The fraction of sp³-hybridized carbons (Fsp3) is 0.500. The Hall–Kier alpha value is -2.11. The number of nitrogens with one attached hydrogen (secondary N) is 1. The van der Waals surface area contributed by atoms with E-state index >= 15 is 0 Å². The molecule has 0 aliphatic rings. The Kier molecular flexibility index (Phi) is 4.55. The molecule has 0 saturated carbocycles. The molecule has 0 atom stereocenters. The molecule has 0 fully saturated rings. The van der Waals surface area contributed by atoms with Gasteiger partial charge in [0, 0.05) is 11.8 Å². The molecule has 6 nitrogen and oxygen atoms in total. The first-order valence-corrected chi connectivity index (χ1v) is 6.73. The molecule has 108 valence electrons. The lowest BCUT2D eigenvalue weighted by Crippen LogP contribution is -2.07. The Bertz CT molecular complexity index is 561. The third-order valence-corrected chi connectivity index (χ3v) is 2.76. The number of nitrogens with zero attached hydrogens (tertiary/aromatic N) is 3. The molecule has 2 heterocycles. The molecule has 0 spiro atoms. The van der Waals surface area contributed by atoms with Crippen LogP contribution < -0.4 is 10.1 Å². The van der Waals surface area contributed by atoms with Crippen molar-refractivity contribution in [2.45, 2.75) is 40.7 Å². The molecule has 1 N–H and O–H groups in total. The zero-order chi connectivity index (χ0) is 14.5. The monoisotopic (exact) mass is 276 g/mol.